The zero-order valence-corrected chi connectivity index (χ0v) is 12.0. The Morgan fingerprint density at radius 3 is 2.87 bits per heavy atom. The minimum absolute atomic E-state index is 0.514. The topological polar surface area (TPSA) is 12.0 Å². The zero-order valence-electron chi connectivity index (χ0n) is 8.89. The standard InChI is InChI=1S/C11H15BrClNS/c1-8(7-15-2)14-6-9-3-4-10(12)5-11(9)13/h3-5,8,14H,6-7H2,1-2H3. The molecule has 1 aromatic carbocycles. The lowest BCUT2D eigenvalue weighted by Gasteiger charge is -2.13. The van der Waals surface area contributed by atoms with E-state index in [1.807, 2.05) is 30.0 Å². The molecule has 0 fully saturated rings. The number of nitrogens with one attached hydrogen (secondary N) is 1. The van der Waals surface area contributed by atoms with Gasteiger partial charge in [-0.25, -0.2) is 0 Å². The first-order valence-corrected chi connectivity index (χ1v) is 7.36. The van der Waals surface area contributed by atoms with Crippen LogP contribution >= 0.6 is 39.3 Å². The lowest BCUT2D eigenvalue weighted by atomic mass is 10.2. The van der Waals surface area contributed by atoms with Crippen LogP contribution in [0, 0.1) is 0 Å². The van der Waals surface area contributed by atoms with Crippen molar-refractivity contribution in [2.45, 2.75) is 19.5 Å². The molecule has 84 valence electrons. The molecule has 0 aliphatic carbocycles. The normalized spacial score (nSPS) is 12.8. The highest BCUT2D eigenvalue weighted by Gasteiger charge is 2.03. The minimum Gasteiger partial charge on any atom is -0.309 e. The van der Waals surface area contributed by atoms with Gasteiger partial charge in [-0.3, -0.25) is 0 Å². The molecule has 1 rings (SSSR count). The largest absolute Gasteiger partial charge is 0.309 e. The maximum atomic E-state index is 6.11. The molecule has 0 saturated carbocycles. The molecule has 0 aliphatic heterocycles. The minimum atomic E-state index is 0.514. The molecule has 0 amide bonds. The van der Waals surface area contributed by atoms with Crippen LogP contribution < -0.4 is 5.32 Å². The van der Waals surface area contributed by atoms with Crippen LogP contribution in [-0.4, -0.2) is 18.1 Å². The van der Waals surface area contributed by atoms with E-state index in [1.165, 1.54) is 0 Å². The van der Waals surface area contributed by atoms with Crippen molar-refractivity contribution in [3.63, 3.8) is 0 Å². The fraction of sp³-hybridized carbons (Fsp3) is 0.455. The van der Waals surface area contributed by atoms with Crippen molar-refractivity contribution in [1.29, 1.82) is 0 Å². The van der Waals surface area contributed by atoms with Crippen molar-refractivity contribution in [3.05, 3.63) is 33.3 Å². The van der Waals surface area contributed by atoms with E-state index in [4.69, 9.17) is 11.6 Å². The molecular formula is C11H15BrClNS. The molecule has 15 heavy (non-hydrogen) atoms. The van der Waals surface area contributed by atoms with Crippen molar-refractivity contribution in [2.75, 3.05) is 12.0 Å². The Morgan fingerprint density at radius 2 is 2.27 bits per heavy atom. The summed E-state index contributed by atoms with van der Waals surface area (Å²) in [5.74, 6) is 1.12. The molecular weight excluding hydrogens is 294 g/mol. The summed E-state index contributed by atoms with van der Waals surface area (Å²) in [6.07, 6.45) is 2.12. The Morgan fingerprint density at radius 1 is 1.53 bits per heavy atom. The van der Waals surface area contributed by atoms with E-state index in [2.05, 4.69) is 34.4 Å². The van der Waals surface area contributed by atoms with Gasteiger partial charge >= 0.3 is 0 Å². The molecule has 1 unspecified atom stereocenters. The highest BCUT2D eigenvalue weighted by Crippen LogP contribution is 2.21. The Labute approximate surface area is 109 Å². The van der Waals surface area contributed by atoms with E-state index in [0.29, 0.717) is 6.04 Å². The Balaban J connectivity index is 2.50. The molecule has 1 aromatic rings. The first-order chi connectivity index (χ1) is 7.13. The fourth-order valence-electron chi connectivity index (χ4n) is 1.26. The van der Waals surface area contributed by atoms with Crippen LogP contribution in [0.2, 0.25) is 5.02 Å². The first kappa shape index (κ1) is 13.4. The molecule has 0 spiro atoms. The van der Waals surface area contributed by atoms with E-state index in [9.17, 15) is 0 Å². The molecule has 1 atom stereocenters. The summed E-state index contributed by atoms with van der Waals surface area (Å²) in [4.78, 5) is 0. The third-order valence-electron chi connectivity index (χ3n) is 2.07. The van der Waals surface area contributed by atoms with E-state index in [0.717, 1.165) is 27.4 Å². The van der Waals surface area contributed by atoms with Crippen LogP contribution in [0.5, 0.6) is 0 Å². The second-order valence-electron chi connectivity index (χ2n) is 3.47. The summed E-state index contributed by atoms with van der Waals surface area (Å²) in [6.45, 7) is 3.01. The second kappa shape index (κ2) is 6.79. The third-order valence-corrected chi connectivity index (χ3v) is 3.75. The zero-order chi connectivity index (χ0) is 11.3. The highest BCUT2D eigenvalue weighted by molar-refractivity contribution is 9.10. The molecule has 0 heterocycles. The van der Waals surface area contributed by atoms with Crippen LogP contribution in [-0.2, 0) is 6.54 Å². The molecule has 1 nitrogen and oxygen atoms in total. The van der Waals surface area contributed by atoms with Crippen molar-refractivity contribution in [3.8, 4) is 0 Å². The number of rotatable bonds is 5. The lowest BCUT2D eigenvalue weighted by Crippen LogP contribution is -2.27. The summed E-state index contributed by atoms with van der Waals surface area (Å²) >= 11 is 11.4. The predicted octanol–water partition coefficient (Wildman–Crippen LogP) is 3.94. The van der Waals surface area contributed by atoms with Crippen LogP contribution in [0.25, 0.3) is 0 Å². The summed E-state index contributed by atoms with van der Waals surface area (Å²) in [5.41, 5.74) is 1.15. The third kappa shape index (κ3) is 4.77. The van der Waals surface area contributed by atoms with Gasteiger partial charge in [0.25, 0.3) is 0 Å². The van der Waals surface area contributed by atoms with E-state index < -0.39 is 0 Å². The molecule has 0 radical (unpaired) electrons. The van der Waals surface area contributed by atoms with Gasteiger partial charge in [-0.15, -0.1) is 0 Å². The van der Waals surface area contributed by atoms with Gasteiger partial charge in [0.15, 0.2) is 0 Å². The number of hydrogen-bond acceptors (Lipinski definition) is 2. The van der Waals surface area contributed by atoms with Crippen LogP contribution in [0.1, 0.15) is 12.5 Å². The average Bonchev–Trinajstić information content (AvgIpc) is 2.17. The van der Waals surface area contributed by atoms with Gasteiger partial charge in [0, 0.05) is 27.8 Å². The summed E-state index contributed by atoms with van der Waals surface area (Å²) in [7, 11) is 0. The average molecular weight is 309 g/mol. The van der Waals surface area contributed by atoms with Crippen molar-refractivity contribution < 1.29 is 0 Å². The monoisotopic (exact) mass is 307 g/mol. The van der Waals surface area contributed by atoms with Gasteiger partial charge in [0.1, 0.15) is 0 Å². The Kier molecular flexibility index (Phi) is 6.05. The maximum absolute atomic E-state index is 6.11. The summed E-state index contributed by atoms with van der Waals surface area (Å²) in [5, 5.41) is 4.25. The number of hydrogen-bond donors (Lipinski definition) is 1. The Hall–Kier alpha value is 0.300. The van der Waals surface area contributed by atoms with Crippen molar-refractivity contribution in [2.24, 2.45) is 0 Å². The smallest absolute Gasteiger partial charge is 0.0462 e. The SMILES string of the molecule is CSCC(C)NCc1ccc(Br)cc1Cl. The number of halogens is 2. The van der Waals surface area contributed by atoms with Gasteiger partial charge in [-0.05, 0) is 30.9 Å². The van der Waals surface area contributed by atoms with Gasteiger partial charge in [0.05, 0.1) is 0 Å². The number of benzene rings is 1. The van der Waals surface area contributed by atoms with Crippen LogP contribution in [0.4, 0.5) is 0 Å². The van der Waals surface area contributed by atoms with Gasteiger partial charge in [-0.2, -0.15) is 11.8 Å². The molecule has 1 N–H and O–H groups in total. The summed E-state index contributed by atoms with van der Waals surface area (Å²) < 4.78 is 1.02. The molecule has 4 heteroatoms. The molecule has 0 aliphatic rings. The quantitative estimate of drug-likeness (QED) is 0.884. The lowest BCUT2D eigenvalue weighted by molar-refractivity contribution is 0.596. The fourth-order valence-corrected chi connectivity index (χ4v) is 2.62. The Bertz CT molecular complexity index is 319. The molecule has 0 bridgehead atoms. The van der Waals surface area contributed by atoms with Crippen molar-refractivity contribution >= 4 is 39.3 Å². The number of thioether (sulfide) groups is 1. The summed E-state index contributed by atoms with van der Waals surface area (Å²) in [6, 6.07) is 6.50. The van der Waals surface area contributed by atoms with Gasteiger partial charge in [-0.1, -0.05) is 33.6 Å². The van der Waals surface area contributed by atoms with E-state index in [-0.39, 0.29) is 0 Å². The molecule has 0 saturated heterocycles. The van der Waals surface area contributed by atoms with Crippen LogP contribution in [0.15, 0.2) is 22.7 Å². The van der Waals surface area contributed by atoms with Crippen LogP contribution in [0.3, 0.4) is 0 Å². The molecule has 0 aromatic heterocycles. The van der Waals surface area contributed by atoms with E-state index >= 15 is 0 Å². The highest BCUT2D eigenvalue weighted by atomic mass is 79.9. The van der Waals surface area contributed by atoms with Gasteiger partial charge < -0.3 is 5.32 Å². The predicted molar refractivity (Wildman–Crippen MR) is 73.8 cm³/mol. The second-order valence-corrected chi connectivity index (χ2v) is 5.71. The van der Waals surface area contributed by atoms with Crippen molar-refractivity contribution in [1.82, 2.24) is 5.32 Å². The first-order valence-electron chi connectivity index (χ1n) is 4.79. The van der Waals surface area contributed by atoms with Gasteiger partial charge in [0.2, 0.25) is 0 Å². The van der Waals surface area contributed by atoms with E-state index in [1.54, 1.807) is 0 Å². The maximum Gasteiger partial charge on any atom is 0.0462 e.